The summed E-state index contributed by atoms with van der Waals surface area (Å²) in [6.07, 6.45) is 1.03. The Bertz CT molecular complexity index is 679. The van der Waals surface area contributed by atoms with E-state index in [9.17, 15) is 4.79 Å². The molecule has 2 rings (SSSR count). The fourth-order valence-electron chi connectivity index (χ4n) is 4.65. The van der Waals surface area contributed by atoms with Crippen molar-refractivity contribution in [3.05, 3.63) is 23.8 Å². The number of aromatic amines is 1. The molecule has 0 radical (unpaired) electrons. The van der Waals surface area contributed by atoms with Gasteiger partial charge in [0.25, 0.3) is 0 Å². The van der Waals surface area contributed by atoms with Crippen molar-refractivity contribution in [3.8, 4) is 5.75 Å². The predicted molar refractivity (Wildman–Crippen MR) is 101 cm³/mol. The van der Waals surface area contributed by atoms with Gasteiger partial charge in [0.2, 0.25) is 0 Å². The van der Waals surface area contributed by atoms with Crippen LogP contribution in [0.5, 0.6) is 5.75 Å². The third kappa shape index (κ3) is 2.63. The summed E-state index contributed by atoms with van der Waals surface area (Å²) in [7, 11) is -0.250. The lowest BCUT2D eigenvalue weighted by molar-refractivity contribution is 0.112. The van der Waals surface area contributed by atoms with Gasteiger partial charge in [-0.2, -0.15) is 0 Å². The number of rotatable bonds is 6. The van der Waals surface area contributed by atoms with Crippen LogP contribution < -0.4 is 10.1 Å². The Morgan fingerprint density at radius 3 is 2.04 bits per heavy atom. The molecule has 0 unspecified atom stereocenters. The number of carbonyl (C=O) groups is 1. The highest BCUT2D eigenvalue weighted by molar-refractivity contribution is 6.95. The first kappa shape index (κ1) is 17.8. The van der Waals surface area contributed by atoms with Gasteiger partial charge in [0.1, 0.15) is 13.8 Å². The van der Waals surface area contributed by atoms with Crippen LogP contribution in [0.25, 0.3) is 10.9 Å². The van der Waals surface area contributed by atoms with E-state index in [0.717, 1.165) is 28.5 Å². The number of ether oxygens (including phenoxy) is 1. The molecule has 0 amide bonds. The Hall–Kier alpha value is -1.55. The minimum atomic E-state index is -1.91. The fraction of sp³-hybridized carbons (Fsp3) is 0.526. The SMILES string of the molecule is COc1ccc2[nH]c([Si](C(C)C)(C(C)C)C(C)C)c(C=O)c2c1. The van der Waals surface area contributed by atoms with Gasteiger partial charge in [-0.05, 0) is 34.8 Å². The molecule has 3 nitrogen and oxygen atoms in total. The number of methoxy groups -OCH3 is 1. The van der Waals surface area contributed by atoms with Crippen molar-refractivity contribution < 1.29 is 9.53 Å². The lowest BCUT2D eigenvalue weighted by Gasteiger charge is -2.42. The molecule has 0 aliphatic rings. The van der Waals surface area contributed by atoms with Crippen molar-refractivity contribution in [3.63, 3.8) is 0 Å². The molecule has 1 N–H and O–H groups in total. The van der Waals surface area contributed by atoms with E-state index in [1.54, 1.807) is 7.11 Å². The molecule has 23 heavy (non-hydrogen) atoms. The van der Waals surface area contributed by atoms with E-state index < -0.39 is 8.07 Å². The zero-order valence-corrected chi connectivity index (χ0v) is 16.4. The van der Waals surface area contributed by atoms with E-state index in [2.05, 4.69) is 46.5 Å². The van der Waals surface area contributed by atoms with Crippen molar-refractivity contribution in [1.82, 2.24) is 4.98 Å². The second-order valence-electron chi connectivity index (χ2n) is 7.34. The molecule has 1 aromatic carbocycles. The highest BCUT2D eigenvalue weighted by Crippen LogP contribution is 2.42. The first-order valence-corrected chi connectivity index (χ1v) is 10.7. The Balaban J connectivity index is 2.86. The molecule has 126 valence electrons. The molecule has 0 spiro atoms. The number of carbonyl (C=O) groups excluding carboxylic acids is 1. The average Bonchev–Trinajstić information content (AvgIpc) is 2.83. The fourth-order valence-corrected chi connectivity index (χ4v) is 11.4. The molecule has 2 aromatic rings. The van der Waals surface area contributed by atoms with Crippen molar-refractivity contribution in [2.75, 3.05) is 7.11 Å². The van der Waals surface area contributed by atoms with Crippen molar-refractivity contribution in [2.24, 2.45) is 0 Å². The summed E-state index contributed by atoms with van der Waals surface area (Å²) in [6.45, 7) is 13.9. The standard InChI is InChI=1S/C19H29NO2Si/c1-12(2)23(13(3)4,14(5)6)19-17(11-21)16-10-15(22-7)8-9-18(16)20-19/h8-14,20H,1-7H3. The summed E-state index contributed by atoms with van der Waals surface area (Å²) in [5, 5.41) is 2.18. The second kappa shape index (κ2) is 6.52. The minimum Gasteiger partial charge on any atom is -0.497 e. The zero-order chi connectivity index (χ0) is 17.4. The molecule has 0 atom stereocenters. The summed E-state index contributed by atoms with van der Waals surface area (Å²) in [6, 6.07) is 5.94. The average molecular weight is 332 g/mol. The predicted octanol–water partition coefficient (Wildman–Crippen LogP) is 4.87. The van der Waals surface area contributed by atoms with Crippen molar-refractivity contribution in [1.29, 1.82) is 0 Å². The Labute approximate surface area is 140 Å². The minimum absolute atomic E-state index is 0.552. The smallest absolute Gasteiger partial charge is 0.152 e. The molecule has 0 fully saturated rings. The van der Waals surface area contributed by atoms with Crippen molar-refractivity contribution >= 4 is 30.6 Å². The van der Waals surface area contributed by atoms with Crippen LogP contribution in [0, 0.1) is 0 Å². The molecule has 1 heterocycles. The molecule has 1 aromatic heterocycles. The van der Waals surface area contributed by atoms with Gasteiger partial charge >= 0.3 is 0 Å². The van der Waals surface area contributed by atoms with Crippen LogP contribution in [-0.4, -0.2) is 26.5 Å². The van der Waals surface area contributed by atoms with Gasteiger partial charge in [-0.15, -0.1) is 0 Å². The summed E-state index contributed by atoms with van der Waals surface area (Å²) in [5.41, 5.74) is 3.52. The maximum atomic E-state index is 12.0. The first-order chi connectivity index (χ1) is 10.8. The number of nitrogens with one attached hydrogen (secondary N) is 1. The number of fused-ring (bicyclic) bond motifs is 1. The first-order valence-electron chi connectivity index (χ1n) is 8.45. The number of aldehydes is 1. The van der Waals surface area contributed by atoms with Gasteiger partial charge < -0.3 is 9.72 Å². The molecule has 0 saturated carbocycles. The Morgan fingerprint density at radius 2 is 1.61 bits per heavy atom. The number of aromatic nitrogens is 1. The van der Waals surface area contributed by atoms with E-state index in [-0.39, 0.29) is 0 Å². The second-order valence-corrected chi connectivity index (χ2v) is 13.2. The monoisotopic (exact) mass is 331 g/mol. The molecule has 0 aliphatic carbocycles. The van der Waals surface area contributed by atoms with Gasteiger partial charge in [-0.3, -0.25) is 4.79 Å². The topological polar surface area (TPSA) is 42.1 Å². The maximum absolute atomic E-state index is 12.0. The lowest BCUT2D eigenvalue weighted by Crippen LogP contribution is -2.57. The van der Waals surface area contributed by atoms with Gasteiger partial charge in [0.05, 0.1) is 7.11 Å². The Kier molecular flexibility index (Phi) is 5.04. The van der Waals surface area contributed by atoms with Crippen LogP contribution in [0.2, 0.25) is 16.6 Å². The molecule has 4 heteroatoms. The van der Waals surface area contributed by atoms with Crippen LogP contribution in [0.4, 0.5) is 0 Å². The molecular formula is C19H29NO2Si. The molecular weight excluding hydrogens is 302 g/mol. The number of benzene rings is 1. The normalized spacial score (nSPS) is 12.6. The van der Waals surface area contributed by atoms with Crippen LogP contribution in [-0.2, 0) is 0 Å². The maximum Gasteiger partial charge on any atom is 0.152 e. The largest absolute Gasteiger partial charge is 0.497 e. The quantitative estimate of drug-likeness (QED) is 0.606. The van der Waals surface area contributed by atoms with E-state index >= 15 is 0 Å². The van der Waals surface area contributed by atoms with E-state index in [4.69, 9.17) is 4.74 Å². The molecule has 0 aliphatic heterocycles. The highest BCUT2D eigenvalue weighted by Gasteiger charge is 2.47. The van der Waals surface area contributed by atoms with Crippen LogP contribution in [0.1, 0.15) is 51.9 Å². The summed E-state index contributed by atoms with van der Waals surface area (Å²) in [4.78, 5) is 15.6. The molecule has 0 bridgehead atoms. The van der Waals surface area contributed by atoms with E-state index in [0.29, 0.717) is 16.6 Å². The lowest BCUT2D eigenvalue weighted by atomic mass is 10.2. The van der Waals surface area contributed by atoms with E-state index in [1.165, 1.54) is 5.32 Å². The number of hydrogen-bond acceptors (Lipinski definition) is 2. The van der Waals surface area contributed by atoms with Gasteiger partial charge in [-0.25, -0.2) is 0 Å². The zero-order valence-electron chi connectivity index (χ0n) is 15.4. The highest BCUT2D eigenvalue weighted by atomic mass is 28.3. The van der Waals surface area contributed by atoms with Gasteiger partial charge in [-0.1, -0.05) is 41.5 Å². The van der Waals surface area contributed by atoms with Gasteiger partial charge in [0, 0.05) is 21.8 Å². The van der Waals surface area contributed by atoms with Crippen LogP contribution >= 0.6 is 0 Å². The summed E-state index contributed by atoms with van der Waals surface area (Å²) >= 11 is 0. The van der Waals surface area contributed by atoms with Gasteiger partial charge in [0.15, 0.2) is 6.29 Å². The Morgan fingerprint density at radius 1 is 1.04 bits per heavy atom. The van der Waals surface area contributed by atoms with Crippen LogP contribution in [0.3, 0.4) is 0 Å². The number of hydrogen-bond donors (Lipinski definition) is 1. The van der Waals surface area contributed by atoms with Crippen LogP contribution in [0.15, 0.2) is 18.2 Å². The van der Waals surface area contributed by atoms with E-state index in [1.807, 2.05) is 18.2 Å². The number of H-pyrrole nitrogens is 1. The molecule has 0 saturated heterocycles. The summed E-state index contributed by atoms with van der Waals surface area (Å²) < 4.78 is 5.34. The third-order valence-corrected chi connectivity index (χ3v) is 12.5. The van der Waals surface area contributed by atoms with Crippen molar-refractivity contribution in [2.45, 2.75) is 58.2 Å². The summed E-state index contributed by atoms with van der Waals surface area (Å²) in [5.74, 6) is 0.789. The third-order valence-electron chi connectivity index (χ3n) is 5.46.